The Kier molecular flexibility index (Phi) is 4.19. The van der Waals surface area contributed by atoms with Crippen molar-refractivity contribution in [2.75, 3.05) is 20.1 Å². The molecule has 1 aromatic carbocycles. The Morgan fingerprint density at radius 1 is 1.56 bits per heavy atom. The molecule has 100 valence electrons. The van der Waals surface area contributed by atoms with Crippen molar-refractivity contribution in [1.82, 2.24) is 10.2 Å². The number of hydrogen-bond donors (Lipinski definition) is 2. The summed E-state index contributed by atoms with van der Waals surface area (Å²) in [6, 6.07) is 4.90. The summed E-state index contributed by atoms with van der Waals surface area (Å²) in [5.74, 6) is -0.339. The zero-order chi connectivity index (χ0) is 13.1. The summed E-state index contributed by atoms with van der Waals surface area (Å²) in [6.07, 6.45) is 2.35. The fraction of sp³-hybridized carbons (Fsp3) is 0.571. The highest BCUT2D eigenvalue weighted by Crippen LogP contribution is 2.33. The molecule has 0 aromatic heterocycles. The summed E-state index contributed by atoms with van der Waals surface area (Å²) < 4.78 is 13.0. The molecule has 1 aliphatic rings. The van der Waals surface area contributed by atoms with Crippen LogP contribution in [0.3, 0.4) is 0 Å². The van der Waals surface area contributed by atoms with E-state index >= 15 is 0 Å². The monoisotopic (exact) mass is 252 g/mol. The van der Waals surface area contributed by atoms with Gasteiger partial charge in [-0.3, -0.25) is 4.90 Å². The van der Waals surface area contributed by atoms with Gasteiger partial charge >= 0.3 is 0 Å². The largest absolute Gasteiger partial charge is 0.508 e. The molecule has 3 nitrogen and oxygen atoms in total. The number of halogens is 1. The summed E-state index contributed by atoms with van der Waals surface area (Å²) in [7, 11) is 1.95. The van der Waals surface area contributed by atoms with Gasteiger partial charge in [-0.1, -0.05) is 6.07 Å². The maximum atomic E-state index is 13.0. The number of rotatable bonds is 4. The molecule has 0 aliphatic carbocycles. The molecule has 2 N–H and O–H groups in total. The molecule has 1 saturated heterocycles. The van der Waals surface area contributed by atoms with Crippen LogP contribution < -0.4 is 5.32 Å². The molecule has 0 spiro atoms. The van der Waals surface area contributed by atoms with Gasteiger partial charge in [-0.05, 0) is 39.4 Å². The van der Waals surface area contributed by atoms with Gasteiger partial charge in [-0.15, -0.1) is 0 Å². The third kappa shape index (κ3) is 2.65. The minimum Gasteiger partial charge on any atom is -0.508 e. The van der Waals surface area contributed by atoms with Crippen molar-refractivity contribution < 1.29 is 9.50 Å². The highest BCUT2D eigenvalue weighted by Gasteiger charge is 2.29. The van der Waals surface area contributed by atoms with E-state index < -0.39 is 5.82 Å². The van der Waals surface area contributed by atoms with Crippen LogP contribution in [0.2, 0.25) is 0 Å². The van der Waals surface area contributed by atoms with Gasteiger partial charge in [0.2, 0.25) is 0 Å². The van der Waals surface area contributed by atoms with Gasteiger partial charge in [0.1, 0.15) is 11.6 Å². The molecule has 1 aromatic rings. The molecule has 0 saturated carbocycles. The third-order valence-corrected chi connectivity index (χ3v) is 3.80. The second kappa shape index (κ2) is 5.67. The van der Waals surface area contributed by atoms with Crippen molar-refractivity contribution in [2.45, 2.75) is 31.8 Å². The smallest absolute Gasteiger partial charge is 0.126 e. The molecular formula is C14H21FN2O. The summed E-state index contributed by atoms with van der Waals surface area (Å²) >= 11 is 0. The van der Waals surface area contributed by atoms with E-state index in [1.807, 2.05) is 7.05 Å². The topological polar surface area (TPSA) is 35.5 Å². The van der Waals surface area contributed by atoms with E-state index in [2.05, 4.69) is 17.1 Å². The average molecular weight is 252 g/mol. The number of phenols is 1. The van der Waals surface area contributed by atoms with Crippen molar-refractivity contribution in [3.63, 3.8) is 0 Å². The summed E-state index contributed by atoms with van der Waals surface area (Å²) in [6.45, 7) is 4.05. The van der Waals surface area contributed by atoms with Crippen LogP contribution in [0.15, 0.2) is 18.2 Å². The Balaban J connectivity index is 2.17. The van der Waals surface area contributed by atoms with E-state index in [0.29, 0.717) is 6.04 Å². The lowest BCUT2D eigenvalue weighted by molar-refractivity contribution is 0.188. The van der Waals surface area contributed by atoms with Crippen LogP contribution in [0.25, 0.3) is 0 Å². The first-order chi connectivity index (χ1) is 8.63. The molecule has 2 unspecified atom stereocenters. The van der Waals surface area contributed by atoms with Gasteiger partial charge in [0.15, 0.2) is 0 Å². The Bertz CT molecular complexity index is 411. The number of likely N-dealkylation sites (tertiary alicyclic amines) is 1. The third-order valence-electron chi connectivity index (χ3n) is 3.80. The molecule has 0 radical (unpaired) electrons. The minimum atomic E-state index is -0.392. The fourth-order valence-corrected chi connectivity index (χ4v) is 2.87. The van der Waals surface area contributed by atoms with Crippen molar-refractivity contribution in [3.8, 4) is 5.75 Å². The lowest BCUT2D eigenvalue weighted by atomic mass is 10.0. The van der Waals surface area contributed by atoms with Gasteiger partial charge in [0, 0.05) is 30.3 Å². The summed E-state index contributed by atoms with van der Waals surface area (Å²) in [4.78, 5) is 2.38. The number of nitrogens with one attached hydrogen (secondary N) is 1. The number of hydrogen-bond acceptors (Lipinski definition) is 3. The molecule has 2 rings (SSSR count). The van der Waals surface area contributed by atoms with Crippen LogP contribution in [0.5, 0.6) is 5.75 Å². The van der Waals surface area contributed by atoms with E-state index in [1.54, 1.807) is 6.07 Å². The van der Waals surface area contributed by atoms with E-state index in [0.717, 1.165) is 18.7 Å². The van der Waals surface area contributed by atoms with Gasteiger partial charge in [0.05, 0.1) is 0 Å². The van der Waals surface area contributed by atoms with E-state index in [1.165, 1.54) is 25.0 Å². The second-order valence-electron chi connectivity index (χ2n) is 4.97. The summed E-state index contributed by atoms with van der Waals surface area (Å²) in [5.41, 5.74) is 0.805. The Morgan fingerprint density at radius 3 is 3.00 bits per heavy atom. The van der Waals surface area contributed by atoms with Crippen LogP contribution in [0.1, 0.15) is 31.4 Å². The van der Waals surface area contributed by atoms with E-state index in [4.69, 9.17) is 0 Å². The number of phenolic OH excluding ortho intramolecular Hbond substituents is 1. The maximum absolute atomic E-state index is 13.0. The number of likely N-dealkylation sites (N-methyl/N-ethyl adjacent to an activating group) is 1. The average Bonchev–Trinajstić information content (AvgIpc) is 2.77. The SMILES string of the molecule is CNCC1CCCN1C(C)c1ccc(F)cc1O. The summed E-state index contributed by atoms with van der Waals surface area (Å²) in [5, 5.41) is 13.1. The molecule has 1 aliphatic heterocycles. The zero-order valence-electron chi connectivity index (χ0n) is 11.0. The zero-order valence-corrected chi connectivity index (χ0v) is 11.0. The van der Waals surface area contributed by atoms with Crippen LogP contribution >= 0.6 is 0 Å². The molecule has 4 heteroatoms. The van der Waals surface area contributed by atoms with Gasteiger partial charge in [-0.25, -0.2) is 4.39 Å². The van der Waals surface area contributed by atoms with Gasteiger partial charge in [0.25, 0.3) is 0 Å². The Morgan fingerprint density at radius 2 is 2.33 bits per heavy atom. The first-order valence-corrected chi connectivity index (χ1v) is 6.52. The fourth-order valence-electron chi connectivity index (χ4n) is 2.87. The minimum absolute atomic E-state index is 0.0533. The predicted molar refractivity (Wildman–Crippen MR) is 70.1 cm³/mol. The number of nitrogens with zero attached hydrogens (tertiary/aromatic N) is 1. The van der Waals surface area contributed by atoms with Crippen molar-refractivity contribution >= 4 is 0 Å². The number of aromatic hydroxyl groups is 1. The first kappa shape index (κ1) is 13.3. The first-order valence-electron chi connectivity index (χ1n) is 6.52. The molecule has 1 fully saturated rings. The lowest BCUT2D eigenvalue weighted by Gasteiger charge is -2.31. The van der Waals surface area contributed by atoms with Crippen LogP contribution in [0, 0.1) is 5.82 Å². The van der Waals surface area contributed by atoms with Crippen molar-refractivity contribution in [2.24, 2.45) is 0 Å². The van der Waals surface area contributed by atoms with Crippen LogP contribution in [0.4, 0.5) is 4.39 Å². The molecule has 18 heavy (non-hydrogen) atoms. The maximum Gasteiger partial charge on any atom is 0.126 e. The quantitative estimate of drug-likeness (QED) is 0.863. The van der Waals surface area contributed by atoms with Gasteiger partial charge in [-0.2, -0.15) is 0 Å². The lowest BCUT2D eigenvalue weighted by Crippen LogP contribution is -2.38. The second-order valence-corrected chi connectivity index (χ2v) is 4.97. The highest BCUT2D eigenvalue weighted by atomic mass is 19.1. The molecular weight excluding hydrogens is 231 g/mol. The molecule has 2 atom stereocenters. The standard InChI is InChI=1S/C14H21FN2O/c1-10(13-6-5-11(15)8-14(13)18)17-7-3-4-12(17)9-16-2/h5-6,8,10,12,16,18H,3-4,7,9H2,1-2H3. The number of benzene rings is 1. The van der Waals surface area contributed by atoms with Gasteiger partial charge < -0.3 is 10.4 Å². The van der Waals surface area contributed by atoms with Crippen LogP contribution in [-0.4, -0.2) is 36.2 Å². The Hall–Kier alpha value is -1.13. The van der Waals surface area contributed by atoms with E-state index in [9.17, 15) is 9.50 Å². The van der Waals surface area contributed by atoms with Crippen molar-refractivity contribution in [3.05, 3.63) is 29.6 Å². The van der Waals surface area contributed by atoms with Crippen LogP contribution in [-0.2, 0) is 0 Å². The van der Waals surface area contributed by atoms with Crippen molar-refractivity contribution in [1.29, 1.82) is 0 Å². The normalized spacial score (nSPS) is 22.3. The predicted octanol–water partition coefficient (Wildman–Crippen LogP) is 2.28. The molecule has 0 amide bonds. The van der Waals surface area contributed by atoms with E-state index in [-0.39, 0.29) is 11.8 Å². The highest BCUT2D eigenvalue weighted by molar-refractivity contribution is 5.35. The molecule has 0 bridgehead atoms. The Labute approximate surface area is 108 Å². The molecule has 1 heterocycles.